The Morgan fingerprint density at radius 3 is 2.22 bits per heavy atom. The molecule has 0 radical (unpaired) electrons. The summed E-state index contributed by atoms with van der Waals surface area (Å²) in [5.74, 6) is -0.201. The van der Waals surface area contributed by atoms with Crippen LogP contribution in [0.2, 0.25) is 0 Å². The number of hydrogen-bond donors (Lipinski definition) is 1. The number of halogens is 1. The first-order valence-corrected chi connectivity index (χ1v) is 9.04. The lowest BCUT2D eigenvalue weighted by Crippen LogP contribution is -2.52. The molecule has 1 aliphatic heterocycles. The van der Waals surface area contributed by atoms with E-state index in [1.165, 1.54) is 0 Å². The molecule has 0 bridgehead atoms. The van der Waals surface area contributed by atoms with Gasteiger partial charge in [0.05, 0.1) is 0 Å². The van der Waals surface area contributed by atoms with Crippen LogP contribution in [-0.2, 0) is 16.1 Å². The molecule has 1 aliphatic rings. The number of piperidine rings is 1. The number of amides is 2. The number of nitrogens with one attached hydrogen (secondary N) is 1. The summed E-state index contributed by atoms with van der Waals surface area (Å²) < 4.78 is 20.4. The molecule has 0 atom stereocenters. The average molecular weight is 370 g/mol. The van der Waals surface area contributed by atoms with E-state index in [9.17, 15) is 14.0 Å². The molecule has 3 rings (SSSR count). The second kappa shape index (κ2) is 8.66. The fourth-order valence-electron chi connectivity index (χ4n) is 3.03. The lowest BCUT2D eigenvalue weighted by atomic mass is 9.92. The summed E-state index contributed by atoms with van der Waals surface area (Å²) in [7, 11) is 0. The minimum Gasteiger partial charge on any atom is -0.484 e. The van der Waals surface area contributed by atoms with Crippen molar-refractivity contribution in [2.45, 2.75) is 25.1 Å². The van der Waals surface area contributed by atoms with E-state index in [0.29, 0.717) is 12.3 Å². The number of hydrogen-bond acceptors (Lipinski definition) is 3. The van der Waals surface area contributed by atoms with Crippen molar-refractivity contribution in [3.63, 3.8) is 0 Å². The van der Waals surface area contributed by atoms with Crippen molar-refractivity contribution in [3.8, 4) is 5.75 Å². The van der Waals surface area contributed by atoms with Crippen molar-refractivity contribution in [1.82, 2.24) is 10.2 Å². The normalized spacial score (nSPS) is 15.8. The number of benzene rings is 2. The van der Waals surface area contributed by atoms with Crippen LogP contribution in [0.5, 0.6) is 5.75 Å². The van der Waals surface area contributed by atoms with Gasteiger partial charge < -0.3 is 15.0 Å². The molecule has 0 saturated carbocycles. The number of rotatable bonds is 6. The number of nitrogens with zero attached hydrogens (tertiary/aromatic N) is 1. The SMILES string of the molecule is O=C(COc1ccccc1)N1CCC(F)(C(=O)NCc2ccccc2)CC1. The van der Waals surface area contributed by atoms with E-state index >= 15 is 0 Å². The fourth-order valence-corrected chi connectivity index (χ4v) is 3.03. The highest BCUT2D eigenvalue weighted by atomic mass is 19.1. The first kappa shape index (κ1) is 18.9. The van der Waals surface area contributed by atoms with Crippen molar-refractivity contribution in [2.24, 2.45) is 0 Å². The molecule has 27 heavy (non-hydrogen) atoms. The van der Waals surface area contributed by atoms with Crippen molar-refractivity contribution in [1.29, 1.82) is 0 Å². The Kier molecular flexibility index (Phi) is 6.06. The van der Waals surface area contributed by atoms with Crippen molar-refractivity contribution in [2.75, 3.05) is 19.7 Å². The van der Waals surface area contributed by atoms with E-state index in [4.69, 9.17) is 4.74 Å². The summed E-state index contributed by atoms with van der Waals surface area (Å²) in [6.45, 7) is 0.598. The molecule has 2 aromatic carbocycles. The molecular weight excluding hydrogens is 347 g/mol. The summed E-state index contributed by atoms with van der Waals surface area (Å²) in [5, 5.41) is 2.66. The van der Waals surface area contributed by atoms with E-state index in [1.807, 2.05) is 48.5 Å². The summed E-state index contributed by atoms with van der Waals surface area (Å²) in [5.41, 5.74) is -1.02. The highest BCUT2D eigenvalue weighted by Crippen LogP contribution is 2.27. The van der Waals surface area contributed by atoms with E-state index in [0.717, 1.165) is 5.56 Å². The molecule has 1 heterocycles. The van der Waals surface area contributed by atoms with Crippen LogP contribution < -0.4 is 10.1 Å². The predicted molar refractivity (Wildman–Crippen MR) is 99.9 cm³/mol. The second-order valence-corrected chi connectivity index (χ2v) is 6.62. The third-order valence-corrected chi connectivity index (χ3v) is 4.72. The van der Waals surface area contributed by atoms with Crippen LogP contribution in [0.25, 0.3) is 0 Å². The molecule has 2 aromatic rings. The van der Waals surface area contributed by atoms with Gasteiger partial charge in [0, 0.05) is 32.5 Å². The Morgan fingerprint density at radius 1 is 1.00 bits per heavy atom. The molecule has 2 amide bonds. The van der Waals surface area contributed by atoms with Crippen LogP contribution in [0.3, 0.4) is 0 Å². The van der Waals surface area contributed by atoms with Crippen LogP contribution in [0.15, 0.2) is 60.7 Å². The zero-order valence-corrected chi connectivity index (χ0v) is 15.1. The number of para-hydroxylation sites is 1. The first-order valence-electron chi connectivity index (χ1n) is 9.04. The first-order chi connectivity index (χ1) is 13.1. The Hall–Kier alpha value is -2.89. The molecule has 0 spiro atoms. The number of alkyl halides is 1. The zero-order valence-electron chi connectivity index (χ0n) is 15.1. The fraction of sp³-hybridized carbons (Fsp3) is 0.333. The number of ether oxygens (including phenoxy) is 1. The van der Waals surface area contributed by atoms with E-state index in [1.54, 1.807) is 17.0 Å². The van der Waals surface area contributed by atoms with Gasteiger partial charge in [-0.15, -0.1) is 0 Å². The number of carbonyl (C=O) groups is 2. The van der Waals surface area contributed by atoms with Gasteiger partial charge in [-0.05, 0) is 17.7 Å². The molecule has 0 aromatic heterocycles. The third kappa shape index (κ3) is 5.06. The highest BCUT2D eigenvalue weighted by Gasteiger charge is 2.42. The van der Waals surface area contributed by atoms with Crippen LogP contribution in [0.1, 0.15) is 18.4 Å². The molecule has 1 fully saturated rings. The van der Waals surface area contributed by atoms with Gasteiger partial charge in [-0.3, -0.25) is 9.59 Å². The maximum Gasteiger partial charge on any atom is 0.260 e. The summed E-state index contributed by atoms with van der Waals surface area (Å²) in [6.07, 6.45) is -0.0185. The van der Waals surface area contributed by atoms with Gasteiger partial charge in [-0.2, -0.15) is 0 Å². The molecule has 1 saturated heterocycles. The standard InChI is InChI=1S/C21H23FN2O3/c22-21(20(26)23-15-17-7-3-1-4-8-17)11-13-24(14-12-21)19(25)16-27-18-9-5-2-6-10-18/h1-10H,11-16H2,(H,23,26). The monoisotopic (exact) mass is 370 g/mol. The molecule has 6 heteroatoms. The molecule has 0 aliphatic carbocycles. The number of carbonyl (C=O) groups excluding carboxylic acids is 2. The van der Waals surface area contributed by atoms with Crippen molar-refractivity contribution >= 4 is 11.8 Å². The molecular formula is C21H23FN2O3. The minimum atomic E-state index is -1.94. The van der Waals surface area contributed by atoms with Crippen LogP contribution in [-0.4, -0.2) is 42.1 Å². The van der Waals surface area contributed by atoms with Gasteiger partial charge in [0.1, 0.15) is 5.75 Å². The topological polar surface area (TPSA) is 58.6 Å². The van der Waals surface area contributed by atoms with E-state index in [-0.39, 0.29) is 38.4 Å². The second-order valence-electron chi connectivity index (χ2n) is 6.62. The van der Waals surface area contributed by atoms with Gasteiger partial charge in [-0.25, -0.2) is 4.39 Å². The maximum atomic E-state index is 15.0. The average Bonchev–Trinajstić information content (AvgIpc) is 2.72. The van der Waals surface area contributed by atoms with Crippen LogP contribution in [0, 0.1) is 0 Å². The molecule has 0 unspecified atom stereocenters. The van der Waals surface area contributed by atoms with Gasteiger partial charge in [0.2, 0.25) is 0 Å². The third-order valence-electron chi connectivity index (χ3n) is 4.72. The lowest BCUT2D eigenvalue weighted by molar-refractivity contribution is -0.143. The largest absolute Gasteiger partial charge is 0.484 e. The van der Waals surface area contributed by atoms with Gasteiger partial charge in [-0.1, -0.05) is 48.5 Å². The summed E-state index contributed by atoms with van der Waals surface area (Å²) in [4.78, 5) is 26.1. The predicted octanol–water partition coefficient (Wildman–Crippen LogP) is 2.71. The van der Waals surface area contributed by atoms with Crippen molar-refractivity contribution in [3.05, 3.63) is 66.2 Å². The van der Waals surface area contributed by atoms with Gasteiger partial charge >= 0.3 is 0 Å². The minimum absolute atomic E-state index is 0.00923. The maximum absolute atomic E-state index is 15.0. The van der Waals surface area contributed by atoms with Crippen molar-refractivity contribution < 1.29 is 18.7 Å². The Labute approximate surface area is 158 Å². The highest BCUT2D eigenvalue weighted by molar-refractivity contribution is 5.86. The Balaban J connectivity index is 1.45. The summed E-state index contributed by atoms with van der Waals surface area (Å²) in [6, 6.07) is 18.4. The molecule has 5 nitrogen and oxygen atoms in total. The Morgan fingerprint density at radius 2 is 1.59 bits per heavy atom. The lowest BCUT2D eigenvalue weighted by Gasteiger charge is -2.35. The van der Waals surface area contributed by atoms with E-state index in [2.05, 4.69) is 5.32 Å². The molecule has 1 N–H and O–H groups in total. The summed E-state index contributed by atoms with van der Waals surface area (Å²) >= 11 is 0. The smallest absolute Gasteiger partial charge is 0.260 e. The Bertz CT molecular complexity index is 760. The van der Waals surface area contributed by atoms with Gasteiger partial charge in [0.15, 0.2) is 12.3 Å². The number of likely N-dealkylation sites (tertiary alicyclic amines) is 1. The zero-order chi connectivity index (χ0) is 19.1. The van der Waals surface area contributed by atoms with Crippen LogP contribution in [0.4, 0.5) is 4.39 Å². The van der Waals surface area contributed by atoms with Crippen LogP contribution >= 0.6 is 0 Å². The quantitative estimate of drug-likeness (QED) is 0.851. The van der Waals surface area contributed by atoms with E-state index < -0.39 is 11.6 Å². The molecule has 142 valence electrons. The van der Waals surface area contributed by atoms with Gasteiger partial charge in [0.25, 0.3) is 11.8 Å².